The minimum Gasteiger partial charge on any atom is -0.0500 e. The molecule has 24 heavy (non-hydrogen) atoms. The van der Waals surface area contributed by atoms with E-state index in [0.717, 1.165) is 54.5 Å². The van der Waals surface area contributed by atoms with Crippen molar-refractivity contribution in [2.75, 3.05) is 0 Å². The first kappa shape index (κ1) is 24.2. The molecule has 0 aliphatic rings. The normalized spacial score (nSPS) is 11.2. The van der Waals surface area contributed by atoms with Crippen molar-refractivity contribution in [1.29, 1.82) is 0 Å². The minimum atomic E-state index is 0.951. The Labute approximate surface area is 231 Å². The van der Waals surface area contributed by atoms with Crippen LogP contribution in [0.4, 0.5) is 0 Å². The lowest BCUT2D eigenvalue weighted by Crippen LogP contribution is -1.86. The minimum absolute atomic E-state index is 0.951. The lowest BCUT2D eigenvalue weighted by Gasteiger charge is -2.15. The molecule has 2 aromatic carbocycles. The van der Waals surface area contributed by atoms with Gasteiger partial charge >= 0.3 is 0 Å². The molecule has 0 nitrogen and oxygen atoms in total. The highest BCUT2D eigenvalue weighted by molar-refractivity contribution is 9.16. The zero-order chi connectivity index (χ0) is 18.3. The van der Waals surface area contributed by atoms with Crippen LogP contribution >= 0.6 is 181 Å². The van der Waals surface area contributed by atoms with Gasteiger partial charge in [-0.2, -0.15) is 0 Å². The summed E-state index contributed by atoms with van der Waals surface area (Å²) in [6.45, 7) is 0. The smallest absolute Gasteiger partial charge is 0.0494 e. The zero-order valence-electron chi connectivity index (χ0n) is 10.6. The molecule has 2 rings (SSSR count). The Balaban J connectivity index is 2.48. The lowest BCUT2D eigenvalue weighted by molar-refractivity contribution is 1.28. The largest absolute Gasteiger partial charge is 0.0500 e. The molecule has 130 valence electrons. The highest BCUT2D eigenvalue weighted by Gasteiger charge is 2.22. The van der Waals surface area contributed by atoms with Gasteiger partial charge in [-0.3, -0.25) is 0 Å². The standard InChI is InChI=1S/C12Br10S2/c13-1-3(15)7(19)11(8(20)4(1)16)23-24-12-9(21)5(17)2(14)6(18)10(12)22. The second kappa shape index (κ2) is 10.3. The average Bonchev–Trinajstić information content (AvgIpc) is 2.57. The first-order valence-electron chi connectivity index (χ1n) is 5.46. The maximum atomic E-state index is 3.66. The van der Waals surface area contributed by atoms with E-state index in [4.69, 9.17) is 0 Å². The number of rotatable bonds is 3. The highest BCUT2D eigenvalue weighted by Crippen LogP contribution is 2.56. The summed E-state index contributed by atoms with van der Waals surface area (Å²) in [4.78, 5) is 2.13. The molecule has 0 saturated carbocycles. The Hall–Kier alpha value is 3.94. The van der Waals surface area contributed by atoms with E-state index < -0.39 is 0 Å². The number of hydrogen-bond acceptors (Lipinski definition) is 2. The van der Waals surface area contributed by atoms with Crippen molar-refractivity contribution in [3.8, 4) is 0 Å². The fourth-order valence-corrected chi connectivity index (χ4v) is 12.6. The SMILES string of the molecule is Brc1c(Br)c(Br)c(SSc2c(Br)c(Br)c(Br)c(Br)c2Br)c(Br)c1Br. The second-order valence-electron chi connectivity index (χ2n) is 3.96. The molecule has 0 spiro atoms. The van der Waals surface area contributed by atoms with Gasteiger partial charge < -0.3 is 0 Å². The highest BCUT2D eigenvalue weighted by atomic mass is 79.9. The van der Waals surface area contributed by atoms with E-state index in [1.165, 1.54) is 0 Å². The van der Waals surface area contributed by atoms with Gasteiger partial charge in [-0.15, -0.1) is 0 Å². The molecule has 0 radical (unpaired) electrons. The molecule has 0 aliphatic heterocycles. The summed E-state index contributed by atoms with van der Waals surface area (Å²) >= 11 is 36.1. The van der Waals surface area contributed by atoms with Crippen LogP contribution in [0.25, 0.3) is 0 Å². The van der Waals surface area contributed by atoms with Gasteiger partial charge in [-0.25, -0.2) is 0 Å². The van der Waals surface area contributed by atoms with Gasteiger partial charge in [0.25, 0.3) is 0 Å². The Morgan fingerprint density at radius 2 is 0.458 bits per heavy atom. The summed E-state index contributed by atoms with van der Waals surface area (Å²) < 4.78 is 9.63. The van der Waals surface area contributed by atoms with Crippen LogP contribution in [0.5, 0.6) is 0 Å². The molecule has 0 aliphatic carbocycles. The third kappa shape index (κ3) is 4.98. The molecule has 12 heteroatoms. The first-order chi connectivity index (χ1) is 11.1. The predicted molar refractivity (Wildman–Crippen MR) is 142 cm³/mol. The van der Waals surface area contributed by atoms with Gasteiger partial charge in [0.05, 0.1) is 0 Å². The van der Waals surface area contributed by atoms with E-state index >= 15 is 0 Å². The zero-order valence-corrected chi connectivity index (χ0v) is 28.1. The van der Waals surface area contributed by atoms with Gasteiger partial charge in [-0.1, -0.05) is 21.6 Å². The van der Waals surface area contributed by atoms with Gasteiger partial charge in [0.2, 0.25) is 0 Å². The molecule has 0 heterocycles. The maximum absolute atomic E-state index is 3.66. The Bertz CT molecular complexity index is 708. The van der Waals surface area contributed by atoms with Gasteiger partial charge in [0.1, 0.15) is 0 Å². The molecule has 0 unspecified atom stereocenters. The van der Waals surface area contributed by atoms with E-state index in [-0.39, 0.29) is 0 Å². The Kier molecular flexibility index (Phi) is 10.4. The summed E-state index contributed by atoms with van der Waals surface area (Å²) in [5.74, 6) is 0. The van der Waals surface area contributed by atoms with E-state index in [1.54, 1.807) is 21.6 Å². The first-order valence-corrected chi connectivity index (χ1v) is 15.5. The van der Waals surface area contributed by atoms with Gasteiger partial charge in [0.15, 0.2) is 0 Å². The van der Waals surface area contributed by atoms with Crippen LogP contribution in [0.3, 0.4) is 0 Å². The topological polar surface area (TPSA) is 0 Å². The summed E-state index contributed by atoms with van der Waals surface area (Å²) in [5.41, 5.74) is 0. The second-order valence-corrected chi connectivity index (χ2v) is 14.0. The predicted octanol–water partition coefficient (Wildman–Crippen LogP) is 12.1. The lowest BCUT2D eigenvalue weighted by atomic mass is 10.4. The number of benzene rings is 2. The Morgan fingerprint density at radius 3 is 0.667 bits per heavy atom. The van der Waals surface area contributed by atoms with Crippen LogP contribution in [0.2, 0.25) is 0 Å². The number of hydrogen-bond donors (Lipinski definition) is 0. The summed E-state index contributed by atoms with van der Waals surface area (Å²) in [5, 5.41) is 0. The molecule has 2 aromatic rings. The van der Waals surface area contributed by atoms with Crippen molar-refractivity contribution in [1.82, 2.24) is 0 Å². The summed E-state index contributed by atoms with van der Waals surface area (Å²) in [7, 11) is 3.28. The van der Waals surface area contributed by atoms with Crippen LogP contribution in [0.15, 0.2) is 54.5 Å². The molecule has 0 atom stereocenters. The van der Waals surface area contributed by atoms with Crippen molar-refractivity contribution >= 4 is 181 Å². The molecule has 0 saturated heterocycles. The van der Waals surface area contributed by atoms with Crippen LogP contribution in [-0.4, -0.2) is 0 Å². The van der Waals surface area contributed by atoms with Crippen LogP contribution in [-0.2, 0) is 0 Å². The van der Waals surface area contributed by atoms with E-state index in [0.29, 0.717) is 0 Å². The van der Waals surface area contributed by atoms with E-state index in [2.05, 4.69) is 159 Å². The molecule has 0 bridgehead atoms. The van der Waals surface area contributed by atoms with Gasteiger partial charge in [0, 0.05) is 54.5 Å². The molecule has 0 fully saturated rings. The van der Waals surface area contributed by atoms with E-state index in [1.807, 2.05) is 0 Å². The van der Waals surface area contributed by atoms with Crippen molar-refractivity contribution in [2.24, 2.45) is 0 Å². The third-order valence-electron chi connectivity index (χ3n) is 2.55. The number of halogens is 10. The van der Waals surface area contributed by atoms with Crippen molar-refractivity contribution in [3.63, 3.8) is 0 Å². The molecular formula is C12Br10S2. The molecule has 0 aromatic heterocycles. The fourth-order valence-electron chi connectivity index (χ4n) is 1.40. The van der Waals surface area contributed by atoms with Crippen LogP contribution in [0.1, 0.15) is 0 Å². The molecule has 0 amide bonds. The summed E-state index contributed by atoms with van der Waals surface area (Å²) in [6, 6.07) is 0. The Morgan fingerprint density at radius 1 is 0.292 bits per heavy atom. The van der Waals surface area contributed by atoms with Crippen LogP contribution < -0.4 is 0 Å². The maximum Gasteiger partial charge on any atom is 0.0494 e. The average molecular weight is 1010 g/mol. The van der Waals surface area contributed by atoms with Crippen molar-refractivity contribution in [2.45, 2.75) is 9.79 Å². The molecule has 0 N–H and O–H groups in total. The summed E-state index contributed by atoms with van der Waals surface area (Å²) in [6.07, 6.45) is 0. The van der Waals surface area contributed by atoms with E-state index in [9.17, 15) is 0 Å². The van der Waals surface area contributed by atoms with Gasteiger partial charge in [-0.05, 0) is 159 Å². The fraction of sp³-hybridized carbons (Fsp3) is 0. The van der Waals surface area contributed by atoms with Crippen molar-refractivity contribution < 1.29 is 0 Å². The third-order valence-corrected chi connectivity index (χ3v) is 18.3. The monoisotopic (exact) mass is 997 g/mol. The van der Waals surface area contributed by atoms with Crippen LogP contribution in [0, 0.1) is 0 Å². The van der Waals surface area contributed by atoms with Crippen molar-refractivity contribution in [3.05, 3.63) is 44.7 Å². The molecular weight excluding hydrogens is 1010 g/mol. The quantitative estimate of drug-likeness (QED) is 0.171.